The van der Waals surface area contributed by atoms with Crippen LogP contribution in [0.4, 0.5) is 35.4 Å². The number of anilines is 2. The molecule has 1 unspecified atom stereocenters. The molecule has 2 heterocycles. The number of carbonyl (C=O) groups excluding carboxylic acids is 1. The van der Waals surface area contributed by atoms with Gasteiger partial charge in [-0.15, -0.1) is 20.4 Å². The lowest BCUT2D eigenvalue weighted by Gasteiger charge is -2.38. The van der Waals surface area contributed by atoms with E-state index in [1.165, 1.54) is 6.07 Å². The molecule has 1 aromatic heterocycles. The lowest BCUT2D eigenvalue weighted by molar-refractivity contribution is -0.106. The molecule has 1 N–H and O–H groups in total. The van der Waals surface area contributed by atoms with Crippen molar-refractivity contribution in [2.75, 3.05) is 28.5 Å². The van der Waals surface area contributed by atoms with Crippen molar-refractivity contribution >= 4 is 49.5 Å². The monoisotopic (exact) mass is 576 g/mol. The number of hydrogen-bond acceptors (Lipinski definition) is 10. The third kappa shape index (κ3) is 8.35. The topological polar surface area (TPSA) is 126 Å². The number of carbonyl (C=O) groups is 1. The van der Waals surface area contributed by atoms with Gasteiger partial charge in [-0.3, -0.25) is 4.72 Å². The number of aromatic nitrogens is 2. The minimum Gasteiger partial charge on any atom is -0.460 e. The zero-order valence-corrected chi connectivity index (χ0v) is 23.2. The molecule has 1 atom stereocenters. The molecule has 38 heavy (non-hydrogen) atoms. The predicted molar refractivity (Wildman–Crippen MR) is 139 cm³/mol. The third-order valence-electron chi connectivity index (χ3n) is 5.61. The molecule has 0 fully saturated rings. The van der Waals surface area contributed by atoms with Gasteiger partial charge in [-0.1, -0.05) is 38.5 Å². The molecule has 0 saturated carbocycles. The van der Waals surface area contributed by atoms with Crippen LogP contribution >= 0.6 is 11.3 Å². The standard InChI is InChI=1S/C23H31F3N6O4S2/c1-5-6-9-36-21(33)20-28-30-22(37-20)29-27-17-10-16-8-7-15(4)32(12-14(2)3)19(16)11-18(17)31-38(34,35)13-23(24,25)26/h10-11,14-15,31H,5-9,12-13H2,1-4H3. The summed E-state index contributed by atoms with van der Waals surface area (Å²) in [5.74, 6) is -2.39. The molecule has 1 aliphatic heterocycles. The number of ether oxygens (including phenoxy) is 1. The largest absolute Gasteiger partial charge is 0.460 e. The Balaban J connectivity index is 1.96. The Labute approximate surface area is 223 Å². The maximum absolute atomic E-state index is 12.9. The van der Waals surface area contributed by atoms with Gasteiger partial charge in [-0.25, -0.2) is 13.2 Å². The SMILES string of the molecule is CCCCOC(=O)c1nnc(N=Nc2cc3c(cc2NS(=O)(=O)CC(F)(F)F)N(CC(C)C)C(C)CC3)s1. The van der Waals surface area contributed by atoms with Crippen LogP contribution in [0.3, 0.4) is 0 Å². The highest BCUT2D eigenvalue weighted by molar-refractivity contribution is 7.92. The first-order valence-electron chi connectivity index (χ1n) is 12.2. The summed E-state index contributed by atoms with van der Waals surface area (Å²) >= 11 is 0.829. The lowest BCUT2D eigenvalue weighted by atomic mass is 9.94. The van der Waals surface area contributed by atoms with Crippen LogP contribution in [-0.2, 0) is 21.2 Å². The number of aryl methyl sites for hydroxylation is 1. The number of alkyl halides is 3. The fourth-order valence-electron chi connectivity index (χ4n) is 3.91. The smallest absolute Gasteiger partial charge is 0.404 e. The molecule has 1 aromatic carbocycles. The summed E-state index contributed by atoms with van der Waals surface area (Å²) in [5.41, 5.74) is 1.49. The lowest BCUT2D eigenvalue weighted by Crippen LogP contribution is -2.39. The van der Waals surface area contributed by atoms with E-state index in [2.05, 4.69) is 25.3 Å². The van der Waals surface area contributed by atoms with Crippen molar-refractivity contribution in [2.24, 2.45) is 16.1 Å². The van der Waals surface area contributed by atoms with Gasteiger partial charge in [-0.05, 0) is 49.8 Å². The van der Waals surface area contributed by atoms with Crippen molar-refractivity contribution in [1.82, 2.24) is 10.2 Å². The number of unbranched alkanes of at least 4 members (excludes halogenated alkanes) is 1. The Morgan fingerprint density at radius 1 is 1.29 bits per heavy atom. The summed E-state index contributed by atoms with van der Waals surface area (Å²) < 4.78 is 70.5. The summed E-state index contributed by atoms with van der Waals surface area (Å²) in [6.45, 7) is 9.03. The molecule has 0 radical (unpaired) electrons. The van der Waals surface area contributed by atoms with Crippen LogP contribution in [0, 0.1) is 5.92 Å². The number of rotatable bonds is 11. The molecule has 10 nitrogen and oxygen atoms in total. The van der Waals surface area contributed by atoms with Gasteiger partial charge in [0.2, 0.25) is 15.0 Å². The van der Waals surface area contributed by atoms with Crippen LogP contribution < -0.4 is 9.62 Å². The summed E-state index contributed by atoms with van der Waals surface area (Å²) in [7, 11) is -4.78. The Bertz CT molecular complexity index is 1260. The third-order valence-corrected chi connectivity index (χ3v) is 7.64. The van der Waals surface area contributed by atoms with Crippen LogP contribution in [0.15, 0.2) is 22.4 Å². The van der Waals surface area contributed by atoms with Crippen LogP contribution in [0.5, 0.6) is 0 Å². The van der Waals surface area contributed by atoms with E-state index in [9.17, 15) is 26.4 Å². The summed E-state index contributed by atoms with van der Waals surface area (Å²) in [4.78, 5) is 14.2. The number of nitrogens with zero attached hydrogens (tertiary/aromatic N) is 5. The highest BCUT2D eigenvalue weighted by Crippen LogP contribution is 2.40. The molecule has 0 amide bonds. The molecule has 3 rings (SSSR count). The van der Waals surface area contributed by atoms with E-state index in [1.54, 1.807) is 6.07 Å². The van der Waals surface area contributed by atoms with Crippen molar-refractivity contribution in [3.63, 3.8) is 0 Å². The van der Waals surface area contributed by atoms with Gasteiger partial charge in [0.25, 0.3) is 5.13 Å². The summed E-state index contributed by atoms with van der Waals surface area (Å²) in [6.07, 6.45) is -1.84. The van der Waals surface area contributed by atoms with Crippen LogP contribution in [0.1, 0.15) is 62.3 Å². The fraction of sp³-hybridized carbons (Fsp3) is 0.609. The maximum atomic E-state index is 12.9. The van der Waals surface area contributed by atoms with Crippen LogP contribution in [0.2, 0.25) is 0 Å². The normalized spacial score (nSPS) is 16.2. The second-order valence-electron chi connectivity index (χ2n) is 9.49. The second-order valence-corrected chi connectivity index (χ2v) is 12.2. The van der Waals surface area contributed by atoms with E-state index in [-0.39, 0.29) is 34.2 Å². The second kappa shape index (κ2) is 12.4. The molecule has 0 aliphatic carbocycles. The van der Waals surface area contributed by atoms with Gasteiger partial charge in [0, 0.05) is 18.3 Å². The molecule has 15 heteroatoms. The van der Waals surface area contributed by atoms with E-state index >= 15 is 0 Å². The first-order chi connectivity index (χ1) is 17.8. The van der Waals surface area contributed by atoms with Gasteiger partial charge in [-0.2, -0.15) is 13.2 Å². The van der Waals surface area contributed by atoms with Gasteiger partial charge in [0.05, 0.1) is 12.3 Å². The van der Waals surface area contributed by atoms with Gasteiger partial charge < -0.3 is 9.64 Å². The number of fused-ring (bicyclic) bond motifs is 1. The molecule has 2 aromatic rings. The first-order valence-corrected chi connectivity index (χ1v) is 14.7. The van der Waals surface area contributed by atoms with Gasteiger partial charge in [0.1, 0.15) is 5.69 Å². The number of sulfonamides is 1. The average molecular weight is 577 g/mol. The highest BCUT2D eigenvalue weighted by Gasteiger charge is 2.36. The van der Waals surface area contributed by atoms with E-state index < -0.39 is 27.9 Å². The quantitative estimate of drug-likeness (QED) is 0.197. The predicted octanol–water partition coefficient (Wildman–Crippen LogP) is 6.01. The van der Waals surface area contributed by atoms with E-state index in [0.717, 1.165) is 35.4 Å². The highest BCUT2D eigenvalue weighted by atomic mass is 32.2. The minimum atomic E-state index is -4.92. The Kier molecular flexibility index (Phi) is 9.68. The number of esters is 1. The molecule has 210 valence electrons. The number of halogens is 3. The summed E-state index contributed by atoms with van der Waals surface area (Å²) in [5, 5.41) is 15.5. The molecule has 0 bridgehead atoms. The van der Waals surface area contributed by atoms with Gasteiger partial charge >= 0.3 is 12.1 Å². The minimum absolute atomic E-state index is 0.00400. The summed E-state index contributed by atoms with van der Waals surface area (Å²) in [6, 6.07) is 3.28. The van der Waals surface area contributed by atoms with Crippen LogP contribution in [0.25, 0.3) is 0 Å². The Morgan fingerprint density at radius 2 is 2.03 bits per heavy atom. The van der Waals surface area contributed by atoms with Crippen molar-refractivity contribution in [2.45, 2.75) is 65.6 Å². The zero-order chi connectivity index (χ0) is 28.1. The molecule has 1 aliphatic rings. The average Bonchev–Trinajstić information content (AvgIpc) is 3.27. The van der Waals surface area contributed by atoms with Crippen molar-refractivity contribution in [1.29, 1.82) is 0 Å². The Morgan fingerprint density at radius 3 is 2.68 bits per heavy atom. The number of hydrogen-bond donors (Lipinski definition) is 1. The van der Waals surface area contributed by atoms with E-state index in [4.69, 9.17) is 4.74 Å². The molecular formula is C23H31F3N6O4S2. The van der Waals surface area contributed by atoms with E-state index in [1.807, 2.05) is 32.4 Å². The number of benzene rings is 1. The molecular weight excluding hydrogens is 545 g/mol. The zero-order valence-electron chi connectivity index (χ0n) is 21.6. The maximum Gasteiger partial charge on any atom is 0.404 e. The fourth-order valence-corrected chi connectivity index (χ4v) is 5.47. The number of nitrogens with one attached hydrogen (secondary N) is 1. The van der Waals surface area contributed by atoms with Crippen LogP contribution in [-0.4, -0.2) is 55.7 Å². The Hall–Kier alpha value is -2.81. The van der Waals surface area contributed by atoms with Crippen molar-refractivity contribution < 1.29 is 31.1 Å². The molecule has 0 spiro atoms. The first kappa shape index (κ1) is 29.7. The number of azo groups is 1. The van der Waals surface area contributed by atoms with E-state index in [0.29, 0.717) is 25.3 Å². The molecule has 0 saturated heterocycles. The van der Waals surface area contributed by atoms with Crippen molar-refractivity contribution in [3.05, 3.63) is 22.7 Å². The van der Waals surface area contributed by atoms with Crippen molar-refractivity contribution in [3.8, 4) is 0 Å². The van der Waals surface area contributed by atoms with Gasteiger partial charge in [0.15, 0.2) is 5.75 Å².